The maximum absolute atomic E-state index is 13.9. The lowest BCUT2D eigenvalue weighted by Gasteiger charge is -2.17. The smallest absolute Gasteiger partial charge is 0.166 e. The van der Waals surface area contributed by atoms with E-state index < -0.39 is 0 Å². The molecule has 0 aliphatic heterocycles. The third-order valence-electron chi connectivity index (χ3n) is 3.88. The zero-order valence-corrected chi connectivity index (χ0v) is 13.9. The highest BCUT2D eigenvalue weighted by Crippen LogP contribution is 2.27. The van der Waals surface area contributed by atoms with Gasteiger partial charge >= 0.3 is 0 Å². The molecule has 0 saturated carbocycles. The van der Waals surface area contributed by atoms with Gasteiger partial charge in [-0.1, -0.05) is 43.4 Å². The van der Waals surface area contributed by atoms with E-state index in [1.807, 2.05) is 19.3 Å². The summed E-state index contributed by atoms with van der Waals surface area (Å²) in [5, 5.41) is 0. The Balaban J connectivity index is 2.16. The Hall–Kier alpha value is -1.61. The largest absolute Gasteiger partial charge is 0.294 e. The molecule has 1 aromatic carbocycles. The molecule has 0 aromatic heterocycles. The average Bonchev–Trinajstić information content (AvgIpc) is 2.52. The molecule has 0 radical (unpaired) electrons. The Morgan fingerprint density at radius 3 is 2.82 bits per heavy atom. The van der Waals surface area contributed by atoms with Crippen molar-refractivity contribution in [3.8, 4) is 0 Å². The molecule has 0 N–H and O–H groups in total. The second-order valence-electron chi connectivity index (χ2n) is 5.51. The fourth-order valence-corrected chi connectivity index (χ4v) is 3.08. The van der Waals surface area contributed by atoms with Crippen LogP contribution in [0.3, 0.4) is 0 Å². The van der Waals surface area contributed by atoms with Crippen LogP contribution in [-0.2, 0) is 0 Å². The van der Waals surface area contributed by atoms with E-state index in [9.17, 15) is 9.18 Å². The first-order valence-electron chi connectivity index (χ1n) is 7.47. The molecule has 1 aliphatic rings. The van der Waals surface area contributed by atoms with Gasteiger partial charge in [0.1, 0.15) is 5.82 Å². The average molecular weight is 316 g/mol. The molecule has 0 spiro atoms. The molecule has 1 aromatic rings. The van der Waals surface area contributed by atoms with Crippen LogP contribution in [0.2, 0.25) is 0 Å². The van der Waals surface area contributed by atoms with Gasteiger partial charge in [0.05, 0.1) is 0 Å². The van der Waals surface area contributed by atoms with Crippen molar-refractivity contribution in [3.05, 3.63) is 65.5 Å². The maximum Gasteiger partial charge on any atom is 0.166 e. The fraction of sp³-hybridized carbons (Fsp3) is 0.316. The van der Waals surface area contributed by atoms with E-state index in [2.05, 4.69) is 18.7 Å². The number of carbonyl (C=O) groups is 1. The summed E-state index contributed by atoms with van der Waals surface area (Å²) in [6.45, 7) is 5.96. The predicted molar refractivity (Wildman–Crippen MR) is 91.9 cm³/mol. The molecule has 0 fully saturated rings. The van der Waals surface area contributed by atoms with Gasteiger partial charge in [-0.25, -0.2) is 4.39 Å². The van der Waals surface area contributed by atoms with Crippen molar-refractivity contribution in [3.63, 3.8) is 0 Å². The number of thioether (sulfide) groups is 1. The highest BCUT2D eigenvalue weighted by atomic mass is 32.2. The molecule has 3 heteroatoms. The molecular formula is C19H21FOS. The topological polar surface area (TPSA) is 17.1 Å². The van der Waals surface area contributed by atoms with Crippen LogP contribution in [0.1, 0.15) is 36.5 Å². The summed E-state index contributed by atoms with van der Waals surface area (Å²) in [5.41, 5.74) is 2.65. The minimum atomic E-state index is -0.321. The monoisotopic (exact) mass is 316 g/mol. The van der Waals surface area contributed by atoms with Crippen LogP contribution in [0.4, 0.5) is 4.39 Å². The molecule has 22 heavy (non-hydrogen) atoms. The molecule has 2 rings (SSSR count). The van der Waals surface area contributed by atoms with E-state index in [1.165, 1.54) is 17.8 Å². The van der Waals surface area contributed by atoms with Gasteiger partial charge in [-0.15, -0.1) is 11.8 Å². The minimum absolute atomic E-state index is 0.0135. The number of Topliss-reactive ketones (excluding diaryl/α,β-unsaturated/α-hetero) is 1. The lowest BCUT2D eigenvalue weighted by molar-refractivity contribution is 0.0916. The Bertz CT molecular complexity index is 643. The number of carbonyl (C=O) groups excluding carboxylic acids is 1. The van der Waals surface area contributed by atoms with Crippen LogP contribution < -0.4 is 0 Å². The zero-order valence-electron chi connectivity index (χ0n) is 13.1. The van der Waals surface area contributed by atoms with Gasteiger partial charge in [-0.05, 0) is 43.2 Å². The summed E-state index contributed by atoms with van der Waals surface area (Å²) in [4.78, 5) is 13.2. The molecule has 1 atom stereocenters. The van der Waals surface area contributed by atoms with E-state index >= 15 is 0 Å². The highest BCUT2D eigenvalue weighted by Gasteiger charge is 2.20. The number of ketones is 1. The van der Waals surface area contributed by atoms with Crippen molar-refractivity contribution >= 4 is 17.5 Å². The van der Waals surface area contributed by atoms with Crippen LogP contribution in [0.5, 0.6) is 0 Å². The molecule has 1 nitrogen and oxygen atoms in total. The molecule has 0 amide bonds. The summed E-state index contributed by atoms with van der Waals surface area (Å²) in [6.07, 6.45) is 10.3. The summed E-state index contributed by atoms with van der Waals surface area (Å²) < 4.78 is 13.9. The van der Waals surface area contributed by atoms with Crippen LogP contribution in [0.15, 0.2) is 59.0 Å². The number of hydrogen-bond donors (Lipinski definition) is 0. The Labute approximate surface area is 136 Å². The number of allylic oxidation sites excluding steroid dienone is 5. The van der Waals surface area contributed by atoms with Crippen molar-refractivity contribution in [2.45, 2.75) is 31.1 Å². The van der Waals surface area contributed by atoms with Gasteiger partial charge in [0.25, 0.3) is 0 Å². The molecule has 0 heterocycles. The number of benzene rings is 1. The number of halogens is 1. The second kappa shape index (κ2) is 7.59. The van der Waals surface area contributed by atoms with Gasteiger partial charge in [-0.3, -0.25) is 4.79 Å². The van der Waals surface area contributed by atoms with Gasteiger partial charge in [0, 0.05) is 16.4 Å². The Morgan fingerprint density at radius 2 is 2.23 bits per heavy atom. The Kier molecular flexibility index (Phi) is 5.78. The summed E-state index contributed by atoms with van der Waals surface area (Å²) in [6, 6.07) is 4.77. The first-order valence-corrected chi connectivity index (χ1v) is 8.70. The second-order valence-corrected chi connectivity index (χ2v) is 6.35. The van der Waals surface area contributed by atoms with Crippen LogP contribution >= 0.6 is 11.8 Å². The third kappa shape index (κ3) is 3.98. The molecule has 0 saturated heterocycles. The SMILES string of the molecule is C=C1C=C(CC(CC)C(=O)c2ccc(SC)c(F)c2)C=CC1. The summed E-state index contributed by atoms with van der Waals surface area (Å²) >= 11 is 1.34. The van der Waals surface area contributed by atoms with Crippen molar-refractivity contribution in [2.75, 3.05) is 6.26 Å². The van der Waals surface area contributed by atoms with Crippen LogP contribution in [-0.4, -0.2) is 12.0 Å². The van der Waals surface area contributed by atoms with Gasteiger partial charge in [0.2, 0.25) is 0 Å². The highest BCUT2D eigenvalue weighted by molar-refractivity contribution is 7.98. The lowest BCUT2D eigenvalue weighted by Crippen LogP contribution is -2.15. The van der Waals surface area contributed by atoms with E-state index in [1.54, 1.807) is 12.1 Å². The van der Waals surface area contributed by atoms with E-state index in [0.717, 1.165) is 24.0 Å². The summed E-state index contributed by atoms with van der Waals surface area (Å²) in [5.74, 6) is -0.431. The zero-order chi connectivity index (χ0) is 16.1. The van der Waals surface area contributed by atoms with Crippen LogP contribution in [0.25, 0.3) is 0 Å². The first kappa shape index (κ1) is 16.8. The van der Waals surface area contributed by atoms with Crippen LogP contribution in [0, 0.1) is 11.7 Å². The molecule has 116 valence electrons. The summed E-state index contributed by atoms with van der Waals surface area (Å²) in [7, 11) is 0. The third-order valence-corrected chi connectivity index (χ3v) is 4.65. The van der Waals surface area contributed by atoms with Crippen molar-refractivity contribution < 1.29 is 9.18 Å². The van der Waals surface area contributed by atoms with Crippen molar-refractivity contribution in [2.24, 2.45) is 5.92 Å². The lowest BCUT2D eigenvalue weighted by atomic mass is 9.87. The van der Waals surface area contributed by atoms with Crippen molar-refractivity contribution in [1.29, 1.82) is 0 Å². The van der Waals surface area contributed by atoms with Gasteiger partial charge < -0.3 is 0 Å². The van der Waals surface area contributed by atoms with Crippen molar-refractivity contribution in [1.82, 2.24) is 0 Å². The fourth-order valence-electron chi connectivity index (χ4n) is 2.62. The Morgan fingerprint density at radius 1 is 1.45 bits per heavy atom. The minimum Gasteiger partial charge on any atom is -0.294 e. The molecule has 1 unspecified atom stereocenters. The molecular weight excluding hydrogens is 295 g/mol. The molecule has 0 bridgehead atoms. The standard InChI is InChI=1S/C19H21FOS/c1-4-15(11-14-7-5-6-13(2)10-14)19(21)16-8-9-18(22-3)17(20)12-16/h5,7-10,12,15H,2,4,6,11H2,1,3H3. The normalized spacial score (nSPS) is 15.6. The van der Waals surface area contributed by atoms with E-state index in [-0.39, 0.29) is 17.5 Å². The van der Waals surface area contributed by atoms with Gasteiger partial charge in [0.15, 0.2) is 5.78 Å². The van der Waals surface area contributed by atoms with E-state index in [0.29, 0.717) is 16.9 Å². The first-order chi connectivity index (χ1) is 10.5. The van der Waals surface area contributed by atoms with E-state index in [4.69, 9.17) is 0 Å². The predicted octanol–water partition coefficient (Wildman–Crippen LogP) is 5.59. The quantitative estimate of drug-likeness (QED) is 0.503. The van der Waals surface area contributed by atoms with Gasteiger partial charge in [-0.2, -0.15) is 0 Å². The maximum atomic E-state index is 13.9. The number of hydrogen-bond acceptors (Lipinski definition) is 2. The molecule has 1 aliphatic carbocycles. The number of rotatable bonds is 6.